The molecule has 1 atom stereocenters. The first kappa shape index (κ1) is 28.6. The molecule has 1 N–H and O–H groups in total. The molecule has 2 amide bonds. The molecule has 1 fully saturated rings. The molecule has 0 aliphatic carbocycles. The van der Waals surface area contributed by atoms with Crippen LogP contribution in [0.15, 0.2) is 42.6 Å². The van der Waals surface area contributed by atoms with Gasteiger partial charge in [0.25, 0.3) is 11.8 Å². The van der Waals surface area contributed by atoms with E-state index < -0.39 is 23.5 Å². The lowest BCUT2D eigenvalue weighted by Crippen LogP contribution is -2.29. The number of benzene rings is 2. The summed E-state index contributed by atoms with van der Waals surface area (Å²) in [7, 11) is 0. The smallest absolute Gasteiger partial charge is 0.406 e. The van der Waals surface area contributed by atoms with Gasteiger partial charge in [-0.2, -0.15) is 18.3 Å². The number of aromatic nitrogens is 2. The lowest BCUT2D eigenvalue weighted by atomic mass is 10.0. The fourth-order valence-corrected chi connectivity index (χ4v) is 4.89. The molecule has 39 heavy (non-hydrogen) atoms. The van der Waals surface area contributed by atoms with E-state index in [9.17, 15) is 35.9 Å². The highest BCUT2D eigenvalue weighted by atomic mass is 32.2. The first-order chi connectivity index (χ1) is 18.3. The molecule has 0 spiro atoms. The van der Waals surface area contributed by atoms with Crippen molar-refractivity contribution in [3.8, 4) is 5.75 Å². The number of thioether (sulfide) groups is 1. The number of carbonyl (C=O) groups is 2. The van der Waals surface area contributed by atoms with Crippen LogP contribution < -0.4 is 10.1 Å². The maximum Gasteiger partial charge on any atom is 0.573 e. The molecule has 1 saturated heterocycles. The summed E-state index contributed by atoms with van der Waals surface area (Å²) < 4.78 is 79.4. The molecule has 4 rings (SSSR count). The van der Waals surface area contributed by atoms with Gasteiger partial charge >= 0.3 is 11.9 Å². The van der Waals surface area contributed by atoms with Gasteiger partial charge in [-0.3, -0.25) is 14.3 Å². The third-order valence-corrected chi connectivity index (χ3v) is 6.99. The van der Waals surface area contributed by atoms with Crippen LogP contribution in [0.1, 0.15) is 32.7 Å². The number of carbonyl (C=O) groups excluding carboxylic acids is 2. The molecule has 3 aromatic rings. The fourth-order valence-electron chi connectivity index (χ4n) is 4.46. The summed E-state index contributed by atoms with van der Waals surface area (Å²) in [5.41, 5.74) is -2.43. The first-order valence-electron chi connectivity index (χ1n) is 11.9. The molecule has 7 nitrogen and oxygen atoms in total. The molecule has 0 saturated carbocycles. The van der Waals surface area contributed by atoms with Crippen molar-refractivity contribution >= 4 is 34.5 Å². The van der Waals surface area contributed by atoms with Crippen LogP contribution in [0.5, 0.6) is 5.75 Å². The molecule has 1 aromatic heterocycles. The van der Waals surface area contributed by atoms with E-state index in [1.807, 2.05) is 0 Å². The summed E-state index contributed by atoms with van der Waals surface area (Å²) >= 11 is -0.196. The maximum absolute atomic E-state index is 12.8. The lowest BCUT2D eigenvalue weighted by Gasteiger charge is -2.17. The molecule has 0 radical (unpaired) electrons. The highest BCUT2D eigenvalue weighted by molar-refractivity contribution is 8.00. The van der Waals surface area contributed by atoms with Crippen molar-refractivity contribution in [2.24, 2.45) is 5.92 Å². The molecule has 2 heterocycles. The summed E-state index contributed by atoms with van der Waals surface area (Å²) in [5, 5.41) is 7.79. The largest absolute Gasteiger partial charge is 0.573 e. The molecule has 0 unspecified atom stereocenters. The van der Waals surface area contributed by atoms with Crippen LogP contribution in [-0.4, -0.2) is 63.8 Å². The zero-order valence-electron chi connectivity index (χ0n) is 20.6. The summed E-state index contributed by atoms with van der Waals surface area (Å²) in [6.07, 6.45) is -2.30. The number of rotatable bonds is 8. The Kier molecular flexibility index (Phi) is 8.33. The molecule has 1 aliphatic rings. The Morgan fingerprint density at radius 1 is 1.10 bits per heavy atom. The highest BCUT2D eigenvalue weighted by Crippen LogP contribution is 2.30. The van der Waals surface area contributed by atoms with Crippen molar-refractivity contribution in [3.63, 3.8) is 0 Å². The Hall–Kier alpha value is -3.42. The topological polar surface area (TPSA) is 76.5 Å². The zero-order valence-corrected chi connectivity index (χ0v) is 21.4. The van der Waals surface area contributed by atoms with E-state index in [1.54, 1.807) is 34.8 Å². The Bertz CT molecular complexity index is 1340. The summed E-state index contributed by atoms with van der Waals surface area (Å²) in [5.74, 6) is -1.35. The van der Waals surface area contributed by atoms with E-state index in [2.05, 4.69) is 15.2 Å². The van der Waals surface area contributed by atoms with Crippen LogP contribution in [0, 0.1) is 12.8 Å². The number of nitrogens with zero attached hydrogens (tertiary/aromatic N) is 3. The lowest BCUT2D eigenvalue weighted by molar-refractivity contribution is -0.274. The highest BCUT2D eigenvalue weighted by Gasteiger charge is 2.32. The predicted octanol–water partition coefficient (Wildman–Crippen LogP) is 5.39. The summed E-state index contributed by atoms with van der Waals surface area (Å²) in [6.45, 7) is 3.06. The standard InChI is InChI=1S/C25H24F6N4O3S/c1-15-19(22(36)32-9-11-39-25(29,30)31)6-7-21-20(15)14-35(33-21)13-16-8-10-34(12-16)23(37)17-2-4-18(5-3-17)38-24(26,27)28/h2-7,14,16H,8-13H2,1H3,(H,32,36)/t16-/m1/s1. The molecule has 210 valence electrons. The van der Waals surface area contributed by atoms with Gasteiger partial charge in [0.2, 0.25) is 0 Å². The fraction of sp³-hybridized carbons (Fsp3) is 0.400. The van der Waals surface area contributed by atoms with Gasteiger partial charge in [0, 0.05) is 54.6 Å². The molecule has 14 heteroatoms. The maximum atomic E-state index is 12.8. The minimum Gasteiger partial charge on any atom is -0.406 e. The van der Waals surface area contributed by atoms with E-state index in [4.69, 9.17) is 0 Å². The predicted molar refractivity (Wildman–Crippen MR) is 132 cm³/mol. The third-order valence-electron chi connectivity index (χ3n) is 6.26. The minimum absolute atomic E-state index is 0.0882. The Balaban J connectivity index is 1.35. The van der Waals surface area contributed by atoms with Crippen LogP contribution in [-0.2, 0) is 6.54 Å². The van der Waals surface area contributed by atoms with Crippen molar-refractivity contribution in [3.05, 3.63) is 59.3 Å². The van der Waals surface area contributed by atoms with Gasteiger partial charge in [0.1, 0.15) is 5.75 Å². The average Bonchev–Trinajstić information content (AvgIpc) is 3.48. The van der Waals surface area contributed by atoms with Gasteiger partial charge < -0.3 is 15.0 Å². The molecule has 2 aromatic carbocycles. The molecular weight excluding hydrogens is 550 g/mol. The summed E-state index contributed by atoms with van der Waals surface area (Å²) in [4.78, 5) is 26.9. The number of alkyl halides is 6. The van der Waals surface area contributed by atoms with Gasteiger partial charge in [-0.15, -0.1) is 13.2 Å². The van der Waals surface area contributed by atoms with Crippen LogP contribution in [0.4, 0.5) is 26.3 Å². The number of halogens is 6. The monoisotopic (exact) mass is 574 g/mol. The SMILES string of the molecule is Cc1c(C(=O)NCCSC(F)(F)F)ccc2nn(C[C@@H]3CCN(C(=O)c4ccc(OC(F)(F)F)cc4)C3)cc12. The van der Waals surface area contributed by atoms with E-state index in [0.717, 1.165) is 17.5 Å². The Labute approximate surface area is 223 Å². The Morgan fingerprint density at radius 3 is 2.49 bits per heavy atom. The van der Waals surface area contributed by atoms with Crippen molar-refractivity contribution in [1.29, 1.82) is 0 Å². The molecular formula is C25H24F6N4O3S. The van der Waals surface area contributed by atoms with Crippen LogP contribution >= 0.6 is 11.8 Å². The summed E-state index contributed by atoms with van der Waals surface area (Å²) in [6, 6.07) is 8.05. The van der Waals surface area contributed by atoms with Crippen molar-refractivity contribution in [1.82, 2.24) is 20.0 Å². The normalized spacial score (nSPS) is 16.1. The van der Waals surface area contributed by atoms with Crippen LogP contribution in [0.3, 0.4) is 0 Å². The van der Waals surface area contributed by atoms with Gasteiger partial charge in [0.15, 0.2) is 0 Å². The second-order valence-corrected chi connectivity index (χ2v) is 10.2. The number of amides is 2. The molecule has 1 aliphatic heterocycles. The van der Waals surface area contributed by atoms with E-state index in [1.165, 1.54) is 12.1 Å². The zero-order chi connectivity index (χ0) is 28.4. The first-order valence-corrected chi connectivity index (χ1v) is 12.9. The number of fused-ring (bicyclic) bond motifs is 1. The van der Waals surface area contributed by atoms with Crippen molar-refractivity contribution < 1.29 is 40.7 Å². The second-order valence-electron chi connectivity index (χ2n) is 9.05. The van der Waals surface area contributed by atoms with E-state index >= 15 is 0 Å². The quantitative estimate of drug-likeness (QED) is 0.289. The number of ether oxygens (including phenoxy) is 1. The van der Waals surface area contributed by atoms with Gasteiger partial charge in [-0.25, -0.2) is 0 Å². The minimum atomic E-state index is -4.81. The number of nitrogens with one attached hydrogen (secondary N) is 1. The van der Waals surface area contributed by atoms with Crippen LogP contribution in [0.25, 0.3) is 10.9 Å². The Morgan fingerprint density at radius 2 is 1.82 bits per heavy atom. The number of aryl methyl sites for hydroxylation is 1. The third kappa shape index (κ3) is 7.58. The van der Waals surface area contributed by atoms with Gasteiger partial charge in [-0.1, -0.05) is 0 Å². The number of hydrogen-bond donors (Lipinski definition) is 1. The van der Waals surface area contributed by atoms with Crippen molar-refractivity contribution in [2.75, 3.05) is 25.4 Å². The van der Waals surface area contributed by atoms with Gasteiger partial charge in [0.05, 0.1) is 5.52 Å². The van der Waals surface area contributed by atoms with E-state index in [0.29, 0.717) is 42.7 Å². The molecule has 0 bridgehead atoms. The van der Waals surface area contributed by atoms with Crippen molar-refractivity contribution in [2.45, 2.75) is 31.8 Å². The van der Waals surface area contributed by atoms with Crippen LogP contribution in [0.2, 0.25) is 0 Å². The van der Waals surface area contributed by atoms with E-state index in [-0.39, 0.29) is 41.4 Å². The average molecular weight is 575 g/mol. The number of likely N-dealkylation sites (tertiary alicyclic amines) is 1. The second kappa shape index (κ2) is 11.4. The number of hydrogen-bond acceptors (Lipinski definition) is 5. The van der Waals surface area contributed by atoms with Gasteiger partial charge in [-0.05, 0) is 73.0 Å².